The summed E-state index contributed by atoms with van der Waals surface area (Å²) >= 11 is 1.09. The molecular weight excluding hydrogens is 395 g/mol. The van der Waals surface area contributed by atoms with Gasteiger partial charge in [0, 0.05) is 31.2 Å². The maximum atomic E-state index is 16.4. The predicted molar refractivity (Wildman–Crippen MR) is 106 cm³/mol. The van der Waals surface area contributed by atoms with Crippen molar-refractivity contribution in [1.29, 1.82) is 0 Å². The monoisotopic (exact) mass is 412 g/mol. The van der Waals surface area contributed by atoms with Gasteiger partial charge in [-0.25, -0.2) is 9.97 Å². The maximum absolute atomic E-state index is 16.4. The van der Waals surface area contributed by atoms with Crippen molar-refractivity contribution < 1.29 is 18.7 Å². The number of carbonyl (C=O) groups excluding carboxylic acids is 2. The Balaban J connectivity index is 1.76. The third-order valence-corrected chi connectivity index (χ3v) is 5.32. The van der Waals surface area contributed by atoms with Gasteiger partial charge in [-0.15, -0.1) is 11.3 Å². The van der Waals surface area contributed by atoms with E-state index in [1.54, 1.807) is 35.7 Å². The molecule has 148 valence electrons. The minimum Gasteiger partial charge on any atom is -0.451 e. The second-order valence-corrected chi connectivity index (χ2v) is 7.41. The number of halogens is 1. The molecular formula is C20H17FN4O3S. The zero-order valence-corrected chi connectivity index (χ0v) is 16.2. The minimum atomic E-state index is -2.53. The summed E-state index contributed by atoms with van der Waals surface area (Å²) in [5.74, 6) is -3.56. The molecule has 0 saturated carbocycles. The van der Waals surface area contributed by atoms with Gasteiger partial charge in [-0.3, -0.25) is 14.5 Å². The number of aromatic nitrogens is 2. The molecule has 2 atom stereocenters. The van der Waals surface area contributed by atoms with Gasteiger partial charge in [0.1, 0.15) is 0 Å². The van der Waals surface area contributed by atoms with Crippen LogP contribution in [0, 0.1) is 0 Å². The number of nitrogens with one attached hydrogen (secondary N) is 1. The average Bonchev–Trinajstić information content (AvgIpc) is 3.24. The predicted octanol–water partition coefficient (Wildman–Crippen LogP) is 2.60. The van der Waals surface area contributed by atoms with Crippen molar-refractivity contribution in [2.45, 2.75) is 18.3 Å². The lowest BCUT2D eigenvalue weighted by Crippen LogP contribution is -2.60. The van der Waals surface area contributed by atoms with E-state index in [0.29, 0.717) is 5.56 Å². The van der Waals surface area contributed by atoms with Crippen molar-refractivity contribution >= 4 is 29.0 Å². The largest absolute Gasteiger partial charge is 0.451 e. The molecule has 0 radical (unpaired) electrons. The van der Waals surface area contributed by atoms with Gasteiger partial charge in [0.05, 0.1) is 0 Å². The van der Waals surface area contributed by atoms with Crippen LogP contribution in [0.4, 0.5) is 10.2 Å². The fourth-order valence-corrected chi connectivity index (χ4v) is 3.69. The number of nitrogens with zero attached hydrogens (tertiary/aromatic N) is 3. The molecule has 4 rings (SSSR count). The molecule has 3 aromatic rings. The van der Waals surface area contributed by atoms with E-state index in [-0.39, 0.29) is 23.0 Å². The van der Waals surface area contributed by atoms with E-state index in [1.807, 2.05) is 6.07 Å². The van der Waals surface area contributed by atoms with Crippen molar-refractivity contribution in [2.75, 3.05) is 11.9 Å². The first kappa shape index (κ1) is 19.0. The van der Waals surface area contributed by atoms with E-state index in [9.17, 15) is 9.59 Å². The number of carbonyl (C=O) groups is 2. The lowest BCUT2D eigenvalue weighted by molar-refractivity contribution is -0.136. The molecule has 9 heteroatoms. The maximum Gasteiger partial charge on any atom is 0.281 e. The van der Waals surface area contributed by atoms with Gasteiger partial charge in [-0.2, -0.15) is 4.39 Å². The molecule has 1 N–H and O–H groups in total. The first-order valence-corrected chi connectivity index (χ1v) is 9.71. The van der Waals surface area contributed by atoms with Crippen LogP contribution in [0.1, 0.15) is 15.4 Å². The van der Waals surface area contributed by atoms with Crippen LogP contribution in [-0.2, 0) is 11.2 Å². The summed E-state index contributed by atoms with van der Waals surface area (Å²) in [6.07, 6.45) is 2.70. The van der Waals surface area contributed by atoms with Crippen LogP contribution in [0.2, 0.25) is 0 Å². The average molecular weight is 412 g/mol. The summed E-state index contributed by atoms with van der Waals surface area (Å²) in [5, 5.41) is 4.23. The number of anilines is 1. The van der Waals surface area contributed by atoms with Crippen molar-refractivity contribution in [3.05, 3.63) is 70.8 Å². The molecule has 29 heavy (non-hydrogen) atoms. The Hall–Kier alpha value is -3.33. The number of alkyl halides is 1. The molecule has 3 heterocycles. The van der Waals surface area contributed by atoms with Crippen LogP contribution in [0.25, 0.3) is 0 Å². The molecule has 1 aliphatic heterocycles. The van der Waals surface area contributed by atoms with Crippen LogP contribution in [0.3, 0.4) is 0 Å². The molecule has 1 aliphatic rings. The number of thiazole rings is 1. The molecule has 0 unspecified atom stereocenters. The second-order valence-electron chi connectivity index (χ2n) is 6.52. The van der Waals surface area contributed by atoms with Crippen molar-refractivity contribution in [1.82, 2.24) is 15.3 Å². The number of hydrogen-bond acceptors (Lipinski definition) is 6. The lowest BCUT2D eigenvalue weighted by atomic mass is 9.98. The highest BCUT2D eigenvalue weighted by Gasteiger charge is 2.51. The molecule has 2 aromatic heterocycles. The summed E-state index contributed by atoms with van der Waals surface area (Å²) < 4.78 is 22.1. The van der Waals surface area contributed by atoms with Gasteiger partial charge in [-0.1, -0.05) is 30.3 Å². The Morgan fingerprint density at radius 1 is 1.24 bits per heavy atom. The fourth-order valence-electron chi connectivity index (χ4n) is 3.15. The van der Waals surface area contributed by atoms with Crippen molar-refractivity contribution in [3.8, 4) is 5.75 Å². The van der Waals surface area contributed by atoms with Gasteiger partial charge in [0.15, 0.2) is 22.6 Å². The number of pyridine rings is 1. The summed E-state index contributed by atoms with van der Waals surface area (Å²) in [6, 6.07) is 10.3. The van der Waals surface area contributed by atoms with Gasteiger partial charge in [0.2, 0.25) is 0 Å². The topological polar surface area (TPSA) is 84.4 Å². The number of ether oxygens (including phenoxy) is 1. The molecule has 2 amide bonds. The zero-order chi connectivity index (χ0) is 20.4. The lowest BCUT2D eigenvalue weighted by Gasteiger charge is -2.31. The van der Waals surface area contributed by atoms with E-state index in [4.69, 9.17) is 4.74 Å². The zero-order valence-electron chi connectivity index (χ0n) is 15.4. The first-order valence-electron chi connectivity index (χ1n) is 8.83. The number of benzene rings is 1. The molecule has 0 saturated heterocycles. The summed E-state index contributed by atoms with van der Waals surface area (Å²) in [5.41, 5.74) is 0.617. The summed E-state index contributed by atoms with van der Waals surface area (Å²) in [4.78, 5) is 35.0. The third kappa shape index (κ3) is 3.68. The van der Waals surface area contributed by atoms with Gasteiger partial charge < -0.3 is 10.1 Å². The van der Waals surface area contributed by atoms with Crippen LogP contribution in [-0.4, -0.2) is 40.7 Å². The molecule has 7 nitrogen and oxygen atoms in total. The number of likely N-dealkylation sites (N-methyl/N-ethyl adjacent to an activating group) is 1. The Kier molecular flexibility index (Phi) is 4.98. The SMILES string of the molecule is CN1C(=O)[C@H](NC(=O)c2nccs2)[C@@](F)(Cc2ccccc2)Oc2cccnc21. The number of hydrogen-bond donors (Lipinski definition) is 1. The van der Waals surface area contributed by atoms with Crippen molar-refractivity contribution in [2.24, 2.45) is 0 Å². The van der Waals surface area contributed by atoms with Crippen LogP contribution >= 0.6 is 11.3 Å². The quantitative estimate of drug-likeness (QED) is 0.712. The van der Waals surface area contributed by atoms with E-state index < -0.39 is 23.7 Å². The highest BCUT2D eigenvalue weighted by molar-refractivity contribution is 7.11. The van der Waals surface area contributed by atoms with E-state index >= 15 is 4.39 Å². The first-order chi connectivity index (χ1) is 14.0. The minimum absolute atomic E-state index is 0.118. The van der Waals surface area contributed by atoms with Crippen LogP contribution < -0.4 is 15.0 Å². The normalized spacial score (nSPS) is 21.1. The Bertz CT molecular complexity index is 1030. The van der Waals surface area contributed by atoms with Crippen molar-refractivity contribution in [3.63, 3.8) is 0 Å². The number of amides is 2. The fraction of sp³-hybridized carbons (Fsp3) is 0.200. The standard InChI is InChI=1S/C20H17FN4O3S/c1-25-16-14(8-5-9-22-16)28-20(21,12-13-6-3-2-4-7-13)15(19(25)27)24-17(26)18-23-10-11-29-18/h2-11,15H,12H2,1H3,(H,24,26)/t15-,20+/m0/s1. The molecule has 0 aliphatic carbocycles. The number of rotatable bonds is 4. The van der Waals surface area contributed by atoms with Gasteiger partial charge in [-0.05, 0) is 17.7 Å². The third-order valence-electron chi connectivity index (χ3n) is 4.55. The molecule has 0 bridgehead atoms. The Morgan fingerprint density at radius 3 is 2.76 bits per heavy atom. The van der Waals surface area contributed by atoms with E-state index in [1.165, 1.54) is 30.4 Å². The highest BCUT2D eigenvalue weighted by atomic mass is 32.1. The Morgan fingerprint density at radius 2 is 2.03 bits per heavy atom. The smallest absolute Gasteiger partial charge is 0.281 e. The molecule has 1 aromatic carbocycles. The van der Waals surface area contributed by atoms with Gasteiger partial charge in [0.25, 0.3) is 17.7 Å². The highest BCUT2D eigenvalue weighted by Crippen LogP contribution is 2.37. The number of fused-ring (bicyclic) bond motifs is 1. The summed E-state index contributed by atoms with van der Waals surface area (Å²) in [6.45, 7) is 0. The van der Waals surface area contributed by atoms with Gasteiger partial charge >= 0.3 is 0 Å². The van der Waals surface area contributed by atoms with Crippen LogP contribution in [0.15, 0.2) is 60.2 Å². The summed E-state index contributed by atoms with van der Waals surface area (Å²) in [7, 11) is 1.47. The van der Waals surface area contributed by atoms with Crippen LogP contribution in [0.5, 0.6) is 5.75 Å². The van der Waals surface area contributed by atoms with E-state index in [2.05, 4.69) is 15.3 Å². The Labute approximate surface area is 170 Å². The molecule has 0 fully saturated rings. The second kappa shape index (κ2) is 7.59. The molecule has 0 spiro atoms. The van der Waals surface area contributed by atoms with E-state index in [0.717, 1.165) is 11.3 Å².